The molecule has 0 radical (unpaired) electrons. The van der Waals surface area contributed by atoms with Crippen molar-refractivity contribution in [1.29, 1.82) is 0 Å². The Morgan fingerprint density at radius 2 is 1.88 bits per heavy atom. The van der Waals surface area contributed by atoms with Crippen LogP contribution in [0.3, 0.4) is 0 Å². The zero-order valence-corrected chi connectivity index (χ0v) is 17.8. The van der Waals surface area contributed by atoms with Gasteiger partial charge in [0.1, 0.15) is 17.4 Å². The summed E-state index contributed by atoms with van der Waals surface area (Å²) in [4.78, 5) is 27.0. The molecule has 4 rings (SSSR count). The fraction of sp³-hybridized carbons (Fsp3) is 0.292. The normalized spacial score (nSPS) is 14.2. The molecule has 1 saturated heterocycles. The molecule has 8 heteroatoms. The lowest BCUT2D eigenvalue weighted by molar-refractivity contribution is -0.120. The van der Waals surface area contributed by atoms with Gasteiger partial charge in [0.2, 0.25) is 5.91 Å². The highest BCUT2D eigenvalue weighted by atomic mass is 19.1. The average Bonchev–Trinajstić information content (AvgIpc) is 2.81. The summed E-state index contributed by atoms with van der Waals surface area (Å²) >= 11 is 0. The summed E-state index contributed by atoms with van der Waals surface area (Å²) in [5.74, 6) is 0.851. The number of nitrogens with zero attached hydrogens (tertiary/aromatic N) is 3. The van der Waals surface area contributed by atoms with Crippen LogP contribution in [0.15, 0.2) is 65.5 Å². The molecule has 7 nitrogen and oxygen atoms in total. The van der Waals surface area contributed by atoms with Crippen molar-refractivity contribution >= 4 is 17.4 Å². The van der Waals surface area contributed by atoms with E-state index in [2.05, 4.69) is 10.4 Å². The Morgan fingerprint density at radius 3 is 2.56 bits per heavy atom. The lowest BCUT2D eigenvalue weighted by Crippen LogP contribution is -2.39. The van der Waals surface area contributed by atoms with Gasteiger partial charge in [0.05, 0.1) is 12.3 Å². The number of anilines is 2. The van der Waals surface area contributed by atoms with E-state index >= 15 is 0 Å². The van der Waals surface area contributed by atoms with E-state index in [9.17, 15) is 14.0 Å². The molecule has 2 aromatic carbocycles. The molecule has 0 bridgehead atoms. The van der Waals surface area contributed by atoms with Crippen LogP contribution in [-0.4, -0.2) is 35.4 Å². The maximum atomic E-state index is 13.6. The monoisotopic (exact) mass is 436 g/mol. The quantitative estimate of drug-likeness (QED) is 0.639. The summed E-state index contributed by atoms with van der Waals surface area (Å²) in [6.07, 6.45) is 1.34. The molecule has 1 fully saturated rings. The Kier molecular flexibility index (Phi) is 6.49. The highest BCUT2D eigenvalue weighted by molar-refractivity contribution is 5.92. The zero-order valence-electron chi connectivity index (χ0n) is 17.8. The summed E-state index contributed by atoms with van der Waals surface area (Å²) < 4.78 is 20.2. The molecule has 3 aromatic rings. The number of benzene rings is 2. The average molecular weight is 436 g/mol. The molecule has 0 unspecified atom stereocenters. The second kappa shape index (κ2) is 9.64. The number of amides is 1. The molecule has 32 heavy (non-hydrogen) atoms. The van der Waals surface area contributed by atoms with E-state index < -0.39 is 5.82 Å². The van der Waals surface area contributed by atoms with Gasteiger partial charge in [0.25, 0.3) is 5.56 Å². The van der Waals surface area contributed by atoms with Gasteiger partial charge >= 0.3 is 0 Å². The zero-order chi connectivity index (χ0) is 22.5. The van der Waals surface area contributed by atoms with E-state index in [4.69, 9.17) is 4.74 Å². The number of rotatable bonds is 6. The molecule has 0 spiro atoms. The largest absolute Gasteiger partial charge is 0.494 e. The van der Waals surface area contributed by atoms with Crippen LogP contribution in [0.25, 0.3) is 5.69 Å². The molecule has 1 N–H and O–H groups in total. The van der Waals surface area contributed by atoms with Crippen LogP contribution in [-0.2, 0) is 4.79 Å². The fourth-order valence-corrected chi connectivity index (χ4v) is 3.78. The van der Waals surface area contributed by atoms with Crippen molar-refractivity contribution in [3.8, 4) is 11.4 Å². The molecule has 0 aliphatic carbocycles. The van der Waals surface area contributed by atoms with Gasteiger partial charge in [-0.2, -0.15) is 4.68 Å². The van der Waals surface area contributed by atoms with Crippen molar-refractivity contribution in [3.63, 3.8) is 0 Å². The molecule has 2 heterocycles. The molecular weight excluding hydrogens is 411 g/mol. The molecule has 166 valence electrons. The number of ether oxygens (including phenoxy) is 1. The Morgan fingerprint density at radius 1 is 1.12 bits per heavy atom. The van der Waals surface area contributed by atoms with Crippen molar-refractivity contribution in [3.05, 3.63) is 76.8 Å². The lowest BCUT2D eigenvalue weighted by atomic mass is 9.96. The Bertz CT molecular complexity index is 1140. The summed E-state index contributed by atoms with van der Waals surface area (Å²) in [7, 11) is 0. The first-order valence-electron chi connectivity index (χ1n) is 10.7. The molecule has 1 aliphatic heterocycles. The third kappa shape index (κ3) is 4.96. The second-order valence-electron chi connectivity index (χ2n) is 7.63. The molecule has 1 aliphatic rings. The van der Waals surface area contributed by atoms with Crippen molar-refractivity contribution in [1.82, 2.24) is 9.78 Å². The summed E-state index contributed by atoms with van der Waals surface area (Å²) in [5.41, 5.74) is 0.787. The van der Waals surface area contributed by atoms with Crippen LogP contribution >= 0.6 is 0 Å². The number of carbonyl (C=O) groups excluding carboxylic acids is 1. The first-order valence-corrected chi connectivity index (χ1v) is 10.7. The number of halogens is 1. The lowest BCUT2D eigenvalue weighted by Gasteiger charge is -2.32. The number of nitrogens with one attached hydrogen (secondary N) is 1. The van der Waals surface area contributed by atoms with Crippen molar-refractivity contribution in [2.24, 2.45) is 5.92 Å². The topological polar surface area (TPSA) is 76.5 Å². The van der Waals surface area contributed by atoms with E-state index in [0.717, 1.165) is 11.4 Å². The van der Waals surface area contributed by atoms with Crippen molar-refractivity contribution in [2.45, 2.75) is 19.8 Å². The Labute approximate surface area is 185 Å². The standard InChI is InChI=1S/C24H25FN4O3/c1-2-32-21-8-6-19(7-9-21)26-24(31)17-12-14-28(15-13-17)22-10-11-23(30)29(27-22)20-5-3-4-18(25)16-20/h3-11,16-17H,2,12-15H2,1H3,(H,26,31). The third-order valence-electron chi connectivity index (χ3n) is 5.46. The molecule has 1 amide bonds. The predicted octanol–water partition coefficient (Wildman–Crippen LogP) is 3.63. The fourth-order valence-electron chi connectivity index (χ4n) is 3.78. The minimum atomic E-state index is -0.430. The van der Waals surface area contributed by atoms with E-state index in [1.54, 1.807) is 18.2 Å². The summed E-state index contributed by atoms with van der Waals surface area (Å²) in [5, 5.41) is 7.39. The van der Waals surface area contributed by atoms with Gasteiger partial charge in [-0.1, -0.05) is 6.07 Å². The number of hydrogen-bond acceptors (Lipinski definition) is 5. The summed E-state index contributed by atoms with van der Waals surface area (Å²) in [6.45, 7) is 3.79. The van der Waals surface area contributed by atoms with Gasteiger partial charge in [-0.05, 0) is 68.3 Å². The number of hydrogen-bond donors (Lipinski definition) is 1. The summed E-state index contributed by atoms with van der Waals surface area (Å²) in [6, 6.07) is 16.2. The number of carbonyl (C=O) groups is 1. The van der Waals surface area contributed by atoms with Crippen LogP contribution in [0.1, 0.15) is 19.8 Å². The predicted molar refractivity (Wildman–Crippen MR) is 121 cm³/mol. The molecule has 0 saturated carbocycles. The number of aromatic nitrogens is 2. The van der Waals surface area contributed by atoms with Crippen LogP contribution in [0.4, 0.5) is 15.9 Å². The second-order valence-corrected chi connectivity index (χ2v) is 7.63. The van der Waals surface area contributed by atoms with Crippen LogP contribution < -0.4 is 20.5 Å². The minimum Gasteiger partial charge on any atom is -0.494 e. The van der Waals surface area contributed by atoms with Gasteiger partial charge in [-0.25, -0.2) is 4.39 Å². The Hall–Kier alpha value is -3.68. The van der Waals surface area contributed by atoms with Gasteiger partial charge < -0.3 is 15.0 Å². The van der Waals surface area contributed by atoms with Gasteiger partial charge in [0.15, 0.2) is 0 Å². The van der Waals surface area contributed by atoms with Gasteiger partial charge in [0, 0.05) is 30.8 Å². The number of piperidine rings is 1. The highest BCUT2D eigenvalue weighted by Gasteiger charge is 2.26. The van der Waals surface area contributed by atoms with E-state index in [0.29, 0.717) is 44.0 Å². The van der Waals surface area contributed by atoms with Crippen molar-refractivity contribution < 1.29 is 13.9 Å². The third-order valence-corrected chi connectivity index (χ3v) is 5.46. The first kappa shape index (κ1) is 21.5. The van der Waals surface area contributed by atoms with Crippen LogP contribution in [0.5, 0.6) is 5.75 Å². The smallest absolute Gasteiger partial charge is 0.271 e. The van der Waals surface area contributed by atoms with E-state index in [1.807, 2.05) is 36.1 Å². The minimum absolute atomic E-state index is 0.00787. The maximum absolute atomic E-state index is 13.6. The molecule has 0 atom stereocenters. The van der Waals surface area contributed by atoms with Crippen LogP contribution in [0, 0.1) is 11.7 Å². The Balaban J connectivity index is 1.38. The van der Waals surface area contributed by atoms with Crippen LogP contribution in [0.2, 0.25) is 0 Å². The van der Waals surface area contributed by atoms with Crippen molar-refractivity contribution in [2.75, 3.05) is 29.9 Å². The highest BCUT2D eigenvalue weighted by Crippen LogP contribution is 2.24. The van der Waals surface area contributed by atoms with Gasteiger partial charge in [-0.3, -0.25) is 9.59 Å². The maximum Gasteiger partial charge on any atom is 0.271 e. The van der Waals surface area contributed by atoms with E-state index in [-0.39, 0.29) is 17.4 Å². The van der Waals surface area contributed by atoms with Gasteiger partial charge in [-0.15, -0.1) is 5.10 Å². The molecular formula is C24H25FN4O3. The SMILES string of the molecule is CCOc1ccc(NC(=O)C2CCN(c3ccc(=O)n(-c4cccc(F)c4)n3)CC2)cc1. The molecule has 1 aromatic heterocycles. The van der Waals surface area contributed by atoms with E-state index in [1.165, 1.54) is 22.9 Å². The first-order chi connectivity index (χ1) is 15.5.